The number of aromatic amines is 1. The molecule has 0 spiro atoms. The molecule has 1 saturated carbocycles. The van der Waals surface area contributed by atoms with Crippen LogP contribution >= 0.6 is 0 Å². The molecular formula is C20H27N5O5. The van der Waals surface area contributed by atoms with Gasteiger partial charge in [0.25, 0.3) is 0 Å². The Morgan fingerprint density at radius 3 is 3.00 bits per heavy atom. The van der Waals surface area contributed by atoms with Crippen LogP contribution in [0.4, 0.5) is 10.6 Å². The molecule has 2 fully saturated rings. The standard InChI is InChI=1S/C20H27N5O5/c1-12-10-21-18(29-12)9-17(26)22-16-8-15(24-25-16)13-3-4-14(7-13)30-19(27)23-20(2)5-6-28-11-20/h8,10,13-14H,3-7,9,11H2,1-2H3,(H,23,27)(H2,22,24,25,26)/t13-,14+,20?/m0/s1. The zero-order chi connectivity index (χ0) is 21.1. The smallest absolute Gasteiger partial charge is 0.407 e. The van der Waals surface area contributed by atoms with E-state index in [2.05, 4.69) is 25.8 Å². The van der Waals surface area contributed by atoms with Gasteiger partial charge in [0, 0.05) is 24.3 Å². The van der Waals surface area contributed by atoms with Gasteiger partial charge in [0.05, 0.1) is 18.3 Å². The number of ether oxygens (including phenoxy) is 2. The molecule has 0 bridgehead atoms. The molecular weight excluding hydrogens is 390 g/mol. The van der Waals surface area contributed by atoms with E-state index >= 15 is 0 Å². The number of anilines is 1. The van der Waals surface area contributed by atoms with Crippen molar-refractivity contribution < 1.29 is 23.5 Å². The Morgan fingerprint density at radius 2 is 2.27 bits per heavy atom. The third-order valence-corrected chi connectivity index (χ3v) is 5.57. The second-order valence-corrected chi connectivity index (χ2v) is 8.32. The lowest BCUT2D eigenvalue weighted by atomic mass is 10.0. The molecule has 3 atom stereocenters. The maximum absolute atomic E-state index is 12.2. The first-order valence-electron chi connectivity index (χ1n) is 10.2. The summed E-state index contributed by atoms with van der Waals surface area (Å²) in [7, 11) is 0. The molecule has 2 amide bonds. The van der Waals surface area contributed by atoms with E-state index < -0.39 is 6.09 Å². The Bertz CT molecular complexity index is 901. The SMILES string of the molecule is Cc1cnc(CC(=O)Nc2cc([C@H]3CC[C@@H](OC(=O)NC4(C)CCOC4)C3)[nH]n2)o1. The van der Waals surface area contributed by atoms with Crippen molar-refractivity contribution in [2.24, 2.45) is 0 Å². The maximum atomic E-state index is 12.2. The summed E-state index contributed by atoms with van der Waals surface area (Å²) >= 11 is 0. The molecule has 162 valence electrons. The summed E-state index contributed by atoms with van der Waals surface area (Å²) in [6.07, 6.45) is 4.26. The number of hydrogen-bond donors (Lipinski definition) is 3. The molecule has 30 heavy (non-hydrogen) atoms. The summed E-state index contributed by atoms with van der Waals surface area (Å²) in [5.41, 5.74) is 0.565. The summed E-state index contributed by atoms with van der Waals surface area (Å²) in [5.74, 6) is 1.43. The van der Waals surface area contributed by atoms with Gasteiger partial charge in [-0.3, -0.25) is 9.89 Å². The highest BCUT2D eigenvalue weighted by molar-refractivity contribution is 5.90. The first kappa shape index (κ1) is 20.4. The number of oxazole rings is 1. The van der Waals surface area contributed by atoms with Crippen LogP contribution in [0.2, 0.25) is 0 Å². The minimum Gasteiger partial charge on any atom is -0.446 e. The number of rotatable bonds is 6. The van der Waals surface area contributed by atoms with Crippen LogP contribution < -0.4 is 10.6 Å². The van der Waals surface area contributed by atoms with Gasteiger partial charge >= 0.3 is 6.09 Å². The predicted molar refractivity (Wildman–Crippen MR) is 106 cm³/mol. The topological polar surface area (TPSA) is 131 Å². The van der Waals surface area contributed by atoms with Crippen molar-refractivity contribution in [3.63, 3.8) is 0 Å². The van der Waals surface area contributed by atoms with Crippen LogP contribution in [0.3, 0.4) is 0 Å². The maximum Gasteiger partial charge on any atom is 0.407 e. The molecule has 0 radical (unpaired) electrons. The predicted octanol–water partition coefficient (Wildman–Crippen LogP) is 2.43. The summed E-state index contributed by atoms with van der Waals surface area (Å²) < 4.78 is 16.3. The summed E-state index contributed by atoms with van der Waals surface area (Å²) in [6.45, 7) is 4.90. The van der Waals surface area contributed by atoms with Crippen molar-refractivity contribution in [2.45, 2.75) is 63.5 Å². The van der Waals surface area contributed by atoms with E-state index in [1.165, 1.54) is 0 Å². The molecule has 10 heteroatoms. The minimum absolute atomic E-state index is 0.0500. The van der Waals surface area contributed by atoms with Crippen molar-refractivity contribution in [3.05, 3.63) is 29.6 Å². The normalized spacial score (nSPS) is 25.9. The molecule has 1 aliphatic carbocycles. The van der Waals surface area contributed by atoms with Gasteiger partial charge < -0.3 is 24.5 Å². The van der Waals surface area contributed by atoms with Gasteiger partial charge in [0.2, 0.25) is 11.8 Å². The zero-order valence-electron chi connectivity index (χ0n) is 17.2. The lowest BCUT2D eigenvalue weighted by molar-refractivity contribution is -0.115. The fourth-order valence-corrected chi connectivity index (χ4v) is 3.94. The van der Waals surface area contributed by atoms with Crippen LogP contribution in [0.15, 0.2) is 16.7 Å². The molecule has 2 aliphatic rings. The summed E-state index contributed by atoms with van der Waals surface area (Å²) in [5, 5.41) is 12.8. The molecule has 0 aromatic carbocycles. The van der Waals surface area contributed by atoms with Gasteiger partial charge in [-0.05, 0) is 39.5 Å². The van der Waals surface area contributed by atoms with E-state index in [1.807, 2.05) is 13.0 Å². The number of nitrogens with zero attached hydrogens (tertiary/aromatic N) is 2. The first-order valence-corrected chi connectivity index (χ1v) is 10.2. The fraction of sp³-hybridized carbons (Fsp3) is 0.600. The second-order valence-electron chi connectivity index (χ2n) is 8.32. The molecule has 1 aliphatic heterocycles. The van der Waals surface area contributed by atoms with E-state index in [4.69, 9.17) is 13.9 Å². The highest BCUT2D eigenvalue weighted by Gasteiger charge is 2.34. The lowest BCUT2D eigenvalue weighted by Crippen LogP contribution is -2.47. The number of H-pyrrole nitrogens is 1. The Labute approximate surface area is 174 Å². The van der Waals surface area contributed by atoms with Gasteiger partial charge in [-0.25, -0.2) is 9.78 Å². The molecule has 4 rings (SSSR count). The van der Waals surface area contributed by atoms with Crippen LogP contribution in [0.5, 0.6) is 0 Å². The van der Waals surface area contributed by atoms with Crippen LogP contribution in [0.1, 0.15) is 55.9 Å². The Morgan fingerprint density at radius 1 is 1.40 bits per heavy atom. The highest BCUT2D eigenvalue weighted by Crippen LogP contribution is 2.36. The van der Waals surface area contributed by atoms with Crippen LogP contribution in [0.25, 0.3) is 0 Å². The van der Waals surface area contributed by atoms with Gasteiger partial charge in [0.1, 0.15) is 18.3 Å². The average molecular weight is 417 g/mol. The van der Waals surface area contributed by atoms with E-state index in [0.29, 0.717) is 37.1 Å². The van der Waals surface area contributed by atoms with Crippen LogP contribution in [-0.4, -0.2) is 52.0 Å². The highest BCUT2D eigenvalue weighted by atomic mass is 16.6. The number of carbonyl (C=O) groups is 2. The Hall–Kier alpha value is -2.88. The number of nitrogens with one attached hydrogen (secondary N) is 3. The number of aromatic nitrogens is 3. The van der Waals surface area contributed by atoms with Crippen molar-refractivity contribution >= 4 is 17.8 Å². The summed E-state index contributed by atoms with van der Waals surface area (Å²) in [4.78, 5) is 28.4. The van der Waals surface area contributed by atoms with Crippen LogP contribution in [-0.2, 0) is 20.7 Å². The molecule has 2 aromatic rings. The monoisotopic (exact) mass is 417 g/mol. The third-order valence-electron chi connectivity index (χ3n) is 5.57. The van der Waals surface area contributed by atoms with Crippen molar-refractivity contribution in [2.75, 3.05) is 18.5 Å². The quantitative estimate of drug-likeness (QED) is 0.658. The van der Waals surface area contributed by atoms with Crippen molar-refractivity contribution in [1.82, 2.24) is 20.5 Å². The van der Waals surface area contributed by atoms with Gasteiger partial charge in [0.15, 0.2) is 5.82 Å². The van der Waals surface area contributed by atoms with Gasteiger partial charge in [-0.1, -0.05) is 0 Å². The number of amides is 2. The molecule has 2 aromatic heterocycles. The van der Waals surface area contributed by atoms with E-state index in [9.17, 15) is 9.59 Å². The number of alkyl carbamates (subject to hydrolysis) is 1. The van der Waals surface area contributed by atoms with Gasteiger partial charge in [-0.15, -0.1) is 0 Å². The number of carbonyl (C=O) groups excluding carboxylic acids is 2. The van der Waals surface area contributed by atoms with Crippen molar-refractivity contribution in [1.29, 1.82) is 0 Å². The molecule has 3 N–H and O–H groups in total. The molecule has 3 heterocycles. The van der Waals surface area contributed by atoms with Crippen LogP contribution in [0, 0.1) is 6.92 Å². The fourth-order valence-electron chi connectivity index (χ4n) is 3.94. The molecule has 10 nitrogen and oxygen atoms in total. The minimum atomic E-state index is -0.395. The number of aryl methyl sites for hydroxylation is 1. The lowest BCUT2D eigenvalue weighted by Gasteiger charge is -2.24. The largest absolute Gasteiger partial charge is 0.446 e. The van der Waals surface area contributed by atoms with E-state index in [-0.39, 0.29) is 29.9 Å². The van der Waals surface area contributed by atoms with Gasteiger partial charge in [-0.2, -0.15) is 5.10 Å². The van der Waals surface area contributed by atoms with E-state index in [0.717, 1.165) is 25.0 Å². The zero-order valence-corrected chi connectivity index (χ0v) is 17.2. The first-order chi connectivity index (χ1) is 14.4. The molecule has 1 unspecified atom stereocenters. The number of hydrogen-bond acceptors (Lipinski definition) is 7. The third kappa shape index (κ3) is 4.99. The summed E-state index contributed by atoms with van der Waals surface area (Å²) in [6, 6.07) is 1.82. The van der Waals surface area contributed by atoms with E-state index in [1.54, 1.807) is 13.1 Å². The Balaban J connectivity index is 1.25. The van der Waals surface area contributed by atoms with Crippen molar-refractivity contribution in [3.8, 4) is 0 Å². The second kappa shape index (κ2) is 8.47. The average Bonchev–Trinajstić information content (AvgIpc) is 3.45. The molecule has 1 saturated heterocycles. The Kier molecular flexibility index (Phi) is 5.76.